The quantitative estimate of drug-likeness (QED) is 0.748. The zero-order valence-corrected chi connectivity index (χ0v) is 8.23. The summed E-state index contributed by atoms with van der Waals surface area (Å²) in [4.78, 5) is 13.0. The molecule has 0 saturated carbocycles. The van der Waals surface area contributed by atoms with Crippen LogP contribution in [-0.2, 0) is 6.54 Å². The monoisotopic (exact) mass is 194 g/mol. The first kappa shape index (κ1) is 9.05. The lowest BCUT2D eigenvalue weighted by Crippen LogP contribution is -2.31. The lowest BCUT2D eigenvalue weighted by molar-refractivity contribution is 0.215. The van der Waals surface area contributed by atoms with E-state index in [0.29, 0.717) is 0 Å². The van der Waals surface area contributed by atoms with Crippen molar-refractivity contribution in [3.63, 3.8) is 0 Å². The van der Waals surface area contributed by atoms with Gasteiger partial charge in [0.25, 0.3) is 0 Å². The molecule has 1 fully saturated rings. The van der Waals surface area contributed by atoms with Gasteiger partial charge in [-0.3, -0.25) is 4.68 Å². The average molecular weight is 194 g/mol. The molecule has 0 unspecified atom stereocenters. The van der Waals surface area contributed by atoms with Crippen LogP contribution in [0.2, 0.25) is 0 Å². The van der Waals surface area contributed by atoms with Gasteiger partial charge in [-0.05, 0) is 13.0 Å². The lowest BCUT2D eigenvalue weighted by Gasteiger charge is -2.13. The van der Waals surface area contributed by atoms with E-state index in [4.69, 9.17) is 0 Å². The molecule has 2 amide bonds. The maximum absolute atomic E-state index is 11.2. The van der Waals surface area contributed by atoms with Crippen molar-refractivity contribution < 1.29 is 4.79 Å². The largest absolute Gasteiger partial charge is 0.336 e. The Morgan fingerprint density at radius 3 is 3.00 bits per heavy atom. The number of amides is 2. The van der Waals surface area contributed by atoms with Crippen molar-refractivity contribution in [2.75, 3.05) is 19.6 Å². The molecule has 0 spiro atoms. The number of nitrogens with one attached hydrogen (secondary N) is 1. The second kappa shape index (κ2) is 3.69. The Kier molecular flexibility index (Phi) is 2.39. The van der Waals surface area contributed by atoms with Crippen LogP contribution in [0.1, 0.15) is 5.69 Å². The van der Waals surface area contributed by atoms with Crippen LogP contribution in [0.5, 0.6) is 0 Å². The fraction of sp³-hybridized carbons (Fsp3) is 0.556. The van der Waals surface area contributed by atoms with Gasteiger partial charge < -0.3 is 10.2 Å². The molecule has 0 aliphatic carbocycles. The number of nitrogens with zero attached hydrogens (tertiary/aromatic N) is 3. The van der Waals surface area contributed by atoms with Gasteiger partial charge in [0.1, 0.15) is 0 Å². The van der Waals surface area contributed by atoms with Crippen molar-refractivity contribution in [2.24, 2.45) is 0 Å². The fourth-order valence-corrected chi connectivity index (χ4v) is 1.54. The molecule has 5 heteroatoms. The van der Waals surface area contributed by atoms with Crippen molar-refractivity contribution >= 4 is 6.03 Å². The van der Waals surface area contributed by atoms with Gasteiger partial charge >= 0.3 is 6.03 Å². The molecule has 0 atom stereocenters. The Morgan fingerprint density at radius 1 is 1.57 bits per heavy atom. The molecule has 2 rings (SSSR count). The molecule has 1 aromatic heterocycles. The topological polar surface area (TPSA) is 50.2 Å². The van der Waals surface area contributed by atoms with E-state index < -0.39 is 0 Å². The predicted molar refractivity (Wildman–Crippen MR) is 51.9 cm³/mol. The van der Waals surface area contributed by atoms with E-state index in [1.165, 1.54) is 0 Å². The summed E-state index contributed by atoms with van der Waals surface area (Å²) in [5.74, 6) is 0. The molecule has 0 aromatic carbocycles. The molecule has 0 bridgehead atoms. The first-order chi connectivity index (χ1) is 6.75. The molecular formula is C9H14N4O. The number of carbonyl (C=O) groups is 1. The Morgan fingerprint density at radius 2 is 2.43 bits per heavy atom. The summed E-state index contributed by atoms with van der Waals surface area (Å²) >= 11 is 0. The highest BCUT2D eigenvalue weighted by Gasteiger charge is 2.18. The minimum absolute atomic E-state index is 0.0360. The van der Waals surface area contributed by atoms with Gasteiger partial charge in [0.05, 0.1) is 12.2 Å². The minimum atomic E-state index is 0.0360. The zero-order valence-electron chi connectivity index (χ0n) is 8.23. The highest BCUT2D eigenvalue weighted by molar-refractivity contribution is 5.76. The van der Waals surface area contributed by atoms with Gasteiger partial charge in [0.15, 0.2) is 0 Å². The predicted octanol–water partition coefficient (Wildman–Crippen LogP) is 0.217. The molecule has 1 aliphatic heterocycles. The molecule has 1 N–H and O–H groups in total. The molecular weight excluding hydrogens is 180 g/mol. The fourth-order valence-electron chi connectivity index (χ4n) is 1.54. The Balaban J connectivity index is 1.85. The first-order valence-corrected chi connectivity index (χ1v) is 4.78. The summed E-state index contributed by atoms with van der Waals surface area (Å²) in [7, 11) is 0. The van der Waals surface area contributed by atoms with E-state index in [0.717, 1.165) is 31.9 Å². The SMILES string of the molecule is Cc1ccn(CCN2CCNC2=O)n1. The number of aromatic nitrogens is 2. The van der Waals surface area contributed by atoms with Gasteiger partial charge in [-0.15, -0.1) is 0 Å². The number of hydrogen-bond acceptors (Lipinski definition) is 2. The van der Waals surface area contributed by atoms with E-state index in [9.17, 15) is 4.79 Å². The normalized spacial score (nSPS) is 16.1. The van der Waals surface area contributed by atoms with Crippen molar-refractivity contribution in [1.82, 2.24) is 20.0 Å². The second-order valence-corrected chi connectivity index (χ2v) is 3.44. The van der Waals surface area contributed by atoms with Gasteiger partial charge in [-0.25, -0.2) is 4.79 Å². The van der Waals surface area contributed by atoms with Gasteiger partial charge in [-0.1, -0.05) is 0 Å². The summed E-state index contributed by atoms with van der Waals surface area (Å²) in [6, 6.07) is 2.00. The van der Waals surface area contributed by atoms with Crippen molar-refractivity contribution in [1.29, 1.82) is 0 Å². The van der Waals surface area contributed by atoms with E-state index in [2.05, 4.69) is 10.4 Å². The maximum atomic E-state index is 11.2. The third kappa shape index (κ3) is 1.86. The van der Waals surface area contributed by atoms with Gasteiger partial charge in [0, 0.05) is 25.8 Å². The van der Waals surface area contributed by atoms with Crippen molar-refractivity contribution in [3.8, 4) is 0 Å². The Hall–Kier alpha value is -1.52. The van der Waals surface area contributed by atoms with Crippen LogP contribution in [0, 0.1) is 6.92 Å². The van der Waals surface area contributed by atoms with E-state index in [1.807, 2.05) is 23.9 Å². The summed E-state index contributed by atoms with van der Waals surface area (Å²) < 4.78 is 1.86. The Bertz CT molecular complexity index is 333. The smallest absolute Gasteiger partial charge is 0.317 e. The number of carbonyl (C=O) groups excluding carboxylic acids is 1. The Labute approximate surface area is 82.7 Å². The van der Waals surface area contributed by atoms with Crippen molar-refractivity contribution in [2.45, 2.75) is 13.5 Å². The second-order valence-electron chi connectivity index (χ2n) is 3.44. The highest BCUT2D eigenvalue weighted by atomic mass is 16.2. The number of aryl methyl sites for hydroxylation is 1. The minimum Gasteiger partial charge on any atom is -0.336 e. The zero-order chi connectivity index (χ0) is 9.97. The van der Waals surface area contributed by atoms with Crippen LogP contribution in [0.25, 0.3) is 0 Å². The van der Waals surface area contributed by atoms with Gasteiger partial charge in [-0.2, -0.15) is 5.10 Å². The van der Waals surface area contributed by atoms with Crippen LogP contribution in [-0.4, -0.2) is 40.3 Å². The number of urea groups is 1. The summed E-state index contributed by atoms with van der Waals surface area (Å²) in [5.41, 5.74) is 1.01. The highest BCUT2D eigenvalue weighted by Crippen LogP contribution is 1.98. The molecule has 2 heterocycles. The molecule has 0 radical (unpaired) electrons. The van der Waals surface area contributed by atoms with Crippen LogP contribution in [0.3, 0.4) is 0 Å². The molecule has 14 heavy (non-hydrogen) atoms. The van der Waals surface area contributed by atoms with E-state index in [1.54, 1.807) is 4.90 Å². The molecule has 1 saturated heterocycles. The summed E-state index contributed by atoms with van der Waals surface area (Å²) in [5, 5.41) is 7.02. The lowest BCUT2D eigenvalue weighted by atomic mass is 10.5. The average Bonchev–Trinajstić information content (AvgIpc) is 2.72. The first-order valence-electron chi connectivity index (χ1n) is 4.78. The van der Waals surface area contributed by atoms with Crippen LogP contribution < -0.4 is 5.32 Å². The standard InChI is InChI=1S/C9H14N4O/c1-8-2-4-13(11-8)7-6-12-5-3-10-9(12)14/h2,4H,3,5-7H2,1H3,(H,10,14). The maximum Gasteiger partial charge on any atom is 0.317 e. The van der Waals surface area contributed by atoms with Crippen LogP contribution >= 0.6 is 0 Å². The summed E-state index contributed by atoms with van der Waals surface area (Å²) in [6.07, 6.45) is 1.93. The van der Waals surface area contributed by atoms with E-state index >= 15 is 0 Å². The van der Waals surface area contributed by atoms with Crippen molar-refractivity contribution in [3.05, 3.63) is 18.0 Å². The third-order valence-corrected chi connectivity index (χ3v) is 2.32. The molecule has 76 valence electrons. The van der Waals surface area contributed by atoms with Crippen LogP contribution in [0.15, 0.2) is 12.3 Å². The number of hydrogen-bond donors (Lipinski definition) is 1. The molecule has 1 aliphatic rings. The van der Waals surface area contributed by atoms with E-state index in [-0.39, 0.29) is 6.03 Å². The summed E-state index contributed by atoms with van der Waals surface area (Å²) in [6.45, 7) is 5.02. The van der Waals surface area contributed by atoms with Crippen LogP contribution in [0.4, 0.5) is 4.79 Å². The number of rotatable bonds is 3. The van der Waals surface area contributed by atoms with Gasteiger partial charge in [0.2, 0.25) is 0 Å². The third-order valence-electron chi connectivity index (χ3n) is 2.32. The molecule has 5 nitrogen and oxygen atoms in total. The molecule has 1 aromatic rings.